The highest BCUT2D eigenvalue weighted by Crippen LogP contribution is 2.31. The van der Waals surface area contributed by atoms with Crippen LogP contribution >= 0.6 is 0 Å². The minimum atomic E-state index is -1.14. The van der Waals surface area contributed by atoms with Crippen molar-refractivity contribution in [2.75, 3.05) is 16.0 Å². The van der Waals surface area contributed by atoms with Gasteiger partial charge in [0.2, 0.25) is 23.6 Å². The average Bonchev–Trinajstić information content (AvgIpc) is 2.90. The lowest BCUT2D eigenvalue weighted by Gasteiger charge is -2.27. The third kappa shape index (κ3) is 9.36. The van der Waals surface area contributed by atoms with Crippen molar-refractivity contribution in [2.45, 2.75) is 46.0 Å². The van der Waals surface area contributed by atoms with E-state index in [0.717, 1.165) is 0 Å². The van der Waals surface area contributed by atoms with E-state index < -0.39 is 23.6 Å². The fourth-order valence-electron chi connectivity index (χ4n) is 4.74. The van der Waals surface area contributed by atoms with Gasteiger partial charge >= 0.3 is 0 Å². The highest BCUT2D eigenvalue weighted by atomic mass is 16.5. The third-order valence-electron chi connectivity index (χ3n) is 6.33. The number of anilines is 3. The van der Waals surface area contributed by atoms with E-state index in [-0.39, 0.29) is 30.1 Å². The summed E-state index contributed by atoms with van der Waals surface area (Å²) in [4.78, 5) is 50.7. The fourth-order valence-corrected chi connectivity index (χ4v) is 4.74. The predicted molar refractivity (Wildman–Crippen MR) is 155 cm³/mol. The molecule has 1 atom stereocenters. The Hall–Kier alpha value is -4.50. The van der Waals surface area contributed by atoms with E-state index in [4.69, 9.17) is 5.21 Å². The van der Waals surface area contributed by atoms with E-state index in [2.05, 4.69) is 16.0 Å². The number of carbonyl (C=O) groups is 4. The van der Waals surface area contributed by atoms with Gasteiger partial charge in [0.05, 0.1) is 0 Å². The molecular formula is C31H36N4O5. The van der Waals surface area contributed by atoms with Gasteiger partial charge in [0.25, 0.3) is 0 Å². The molecule has 0 heterocycles. The van der Waals surface area contributed by atoms with E-state index in [1.807, 2.05) is 32.9 Å². The lowest BCUT2D eigenvalue weighted by Crippen LogP contribution is -2.32. The van der Waals surface area contributed by atoms with Crippen LogP contribution < -0.4 is 21.4 Å². The Kier molecular flexibility index (Phi) is 10.6. The standard InChI is InChI=1S/C31H36N4O5/c1-21(18-26(36)35-40)19-31(2,3)20-27(37)32-25-16-14-22(15-17-25)28(29(38)33-23-10-6-4-7-11-23)30(39)34-24-12-8-5-9-13-24/h4-17,21,28,40H,18-20H2,1-3H3,(H,32,37)(H,33,38)(H,34,39)(H,35,36). The van der Waals surface area contributed by atoms with Gasteiger partial charge in [-0.05, 0) is 59.7 Å². The molecule has 0 aliphatic carbocycles. The van der Waals surface area contributed by atoms with Crippen LogP contribution in [0.15, 0.2) is 84.9 Å². The zero-order valence-electron chi connectivity index (χ0n) is 22.9. The minimum absolute atomic E-state index is 0.0183. The van der Waals surface area contributed by atoms with Gasteiger partial charge < -0.3 is 16.0 Å². The summed E-state index contributed by atoms with van der Waals surface area (Å²) in [6.07, 6.45) is 1.00. The summed E-state index contributed by atoms with van der Waals surface area (Å²) >= 11 is 0. The van der Waals surface area contributed by atoms with E-state index in [1.54, 1.807) is 78.3 Å². The lowest BCUT2D eigenvalue weighted by molar-refractivity contribution is -0.130. The first-order chi connectivity index (χ1) is 19.1. The number of benzene rings is 3. The molecule has 0 aliphatic heterocycles. The van der Waals surface area contributed by atoms with Crippen LogP contribution in [0.3, 0.4) is 0 Å². The lowest BCUT2D eigenvalue weighted by atomic mass is 9.79. The van der Waals surface area contributed by atoms with Crippen molar-refractivity contribution in [2.24, 2.45) is 11.3 Å². The largest absolute Gasteiger partial charge is 0.326 e. The summed E-state index contributed by atoms with van der Waals surface area (Å²) in [5.74, 6) is -2.78. The summed E-state index contributed by atoms with van der Waals surface area (Å²) in [5.41, 5.74) is 3.40. The minimum Gasteiger partial charge on any atom is -0.326 e. The molecule has 3 aromatic carbocycles. The molecule has 0 fully saturated rings. The molecule has 0 aromatic heterocycles. The second-order valence-corrected chi connectivity index (χ2v) is 10.7. The van der Waals surface area contributed by atoms with Crippen LogP contribution in [-0.4, -0.2) is 28.8 Å². The topological polar surface area (TPSA) is 137 Å². The van der Waals surface area contributed by atoms with Gasteiger partial charge in [-0.25, -0.2) is 5.48 Å². The Morgan fingerprint density at radius 3 is 1.65 bits per heavy atom. The van der Waals surface area contributed by atoms with Gasteiger partial charge in [-0.2, -0.15) is 0 Å². The summed E-state index contributed by atoms with van der Waals surface area (Å²) < 4.78 is 0. The van der Waals surface area contributed by atoms with Crippen LogP contribution in [0.2, 0.25) is 0 Å². The van der Waals surface area contributed by atoms with Crippen LogP contribution in [0, 0.1) is 11.3 Å². The molecule has 9 heteroatoms. The molecule has 0 saturated carbocycles. The first-order valence-corrected chi connectivity index (χ1v) is 13.1. The second-order valence-electron chi connectivity index (χ2n) is 10.7. The number of hydroxylamine groups is 1. The molecule has 0 aliphatic rings. The van der Waals surface area contributed by atoms with Crippen LogP contribution in [0.4, 0.5) is 17.1 Å². The van der Waals surface area contributed by atoms with Crippen molar-refractivity contribution in [3.8, 4) is 0 Å². The molecule has 3 aromatic rings. The smallest absolute Gasteiger partial charge is 0.243 e. The summed E-state index contributed by atoms with van der Waals surface area (Å²) in [5, 5.41) is 17.2. The normalized spacial score (nSPS) is 11.8. The molecule has 0 spiro atoms. The molecule has 4 amide bonds. The van der Waals surface area contributed by atoms with Gasteiger partial charge in [-0.1, -0.05) is 69.3 Å². The molecule has 40 heavy (non-hydrogen) atoms. The SMILES string of the molecule is CC(CC(=O)NO)CC(C)(C)CC(=O)Nc1ccc(C(C(=O)Nc2ccccc2)C(=O)Nc2ccccc2)cc1. The highest BCUT2D eigenvalue weighted by Gasteiger charge is 2.29. The molecule has 210 valence electrons. The maximum Gasteiger partial charge on any atom is 0.243 e. The number of carbonyl (C=O) groups excluding carboxylic acids is 4. The highest BCUT2D eigenvalue weighted by molar-refractivity contribution is 6.15. The summed E-state index contributed by atoms with van der Waals surface area (Å²) in [7, 11) is 0. The van der Waals surface area contributed by atoms with Crippen LogP contribution in [0.25, 0.3) is 0 Å². The predicted octanol–water partition coefficient (Wildman–Crippen LogP) is 5.32. The van der Waals surface area contributed by atoms with Crippen molar-refractivity contribution in [1.29, 1.82) is 0 Å². The van der Waals surface area contributed by atoms with E-state index in [9.17, 15) is 19.2 Å². The van der Waals surface area contributed by atoms with E-state index in [1.165, 1.54) is 0 Å². The van der Waals surface area contributed by atoms with Crippen LogP contribution in [0.1, 0.15) is 51.5 Å². The molecule has 0 bridgehead atoms. The monoisotopic (exact) mass is 544 g/mol. The quantitative estimate of drug-likeness (QED) is 0.119. The molecule has 9 nitrogen and oxygen atoms in total. The van der Waals surface area contributed by atoms with Crippen molar-refractivity contribution in [1.82, 2.24) is 5.48 Å². The van der Waals surface area contributed by atoms with Gasteiger partial charge in [-0.15, -0.1) is 0 Å². The summed E-state index contributed by atoms with van der Waals surface area (Å²) in [6, 6.07) is 24.4. The Bertz CT molecular complexity index is 1240. The molecule has 1 unspecified atom stereocenters. The molecule has 3 rings (SSSR count). The van der Waals surface area contributed by atoms with Gasteiger partial charge in [0, 0.05) is 29.9 Å². The van der Waals surface area contributed by atoms with Gasteiger partial charge in [0.1, 0.15) is 5.92 Å². The first kappa shape index (κ1) is 30.0. The zero-order valence-corrected chi connectivity index (χ0v) is 22.9. The maximum absolute atomic E-state index is 13.3. The second kappa shape index (κ2) is 14.0. The number of para-hydroxylation sites is 2. The number of rotatable bonds is 12. The van der Waals surface area contributed by atoms with E-state index in [0.29, 0.717) is 29.0 Å². The Balaban J connectivity index is 1.70. The first-order valence-electron chi connectivity index (χ1n) is 13.1. The number of hydrogen-bond acceptors (Lipinski definition) is 5. The number of nitrogens with one attached hydrogen (secondary N) is 4. The Morgan fingerprint density at radius 2 is 1.18 bits per heavy atom. The van der Waals surface area contributed by atoms with Crippen LogP contribution in [-0.2, 0) is 19.2 Å². The molecule has 0 saturated heterocycles. The molecule has 0 radical (unpaired) electrons. The van der Waals surface area contributed by atoms with Gasteiger partial charge in [-0.3, -0.25) is 24.4 Å². The van der Waals surface area contributed by atoms with Crippen molar-refractivity contribution >= 4 is 40.7 Å². The zero-order chi connectivity index (χ0) is 29.1. The van der Waals surface area contributed by atoms with E-state index >= 15 is 0 Å². The fraction of sp³-hybridized carbons (Fsp3) is 0.290. The molecule has 5 N–H and O–H groups in total. The summed E-state index contributed by atoms with van der Waals surface area (Å²) in [6.45, 7) is 5.79. The Labute approximate surface area is 234 Å². The van der Waals surface area contributed by atoms with Crippen LogP contribution in [0.5, 0.6) is 0 Å². The number of amides is 4. The van der Waals surface area contributed by atoms with Gasteiger partial charge in [0.15, 0.2) is 0 Å². The Morgan fingerprint density at radius 1 is 0.700 bits per heavy atom. The maximum atomic E-state index is 13.3. The average molecular weight is 545 g/mol. The molecular weight excluding hydrogens is 508 g/mol. The van der Waals surface area contributed by atoms with Crippen molar-refractivity contribution in [3.05, 3.63) is 90.5 Å². The van der Waals surface area contributed by atoms with Crippen molar-refractivity contribution < 1.29 is 24.4 Å². The van der Waals surface area contributed by atoms with Crippen molar-refractivity contribution in [3.63, 3.8) is 0 Å². The number of hydrogen-bond donors (Lipinski definition) is 5. The third-order valence-corrected chi connectivity index (χ3v) is 6.33.